The van der Waals surface area contributed by atoms with E-state index in [-0.39, 0.29) is 12.1 Å². The summed E-state index contributed by atoms with van der Waals surface area (Å²) in [6.07, 6.45) is 24.4. The molecule has 5 nitrogen and oxygen atoms in total. The first-order chi connectivity index (χ1) is 28.9. The van der Waals surface area contributed by atoms with Gasteiger partial charge in [0.25, 0.3) is 0 Å². The Balaban J connectivity index is 1.37. The standard InChI is InChI=1S/C54H54N4O/c1-5-35(2)14-17-37(4)57(42-24-18-38(34-55)19-25-42)51-32-49(39-10-6-7-11-39)45-29-31-48-52(33-50(40-12-8-9-13-40)46-28-30-47(51)53(45)54(46)48)58(43-22-15-36(3)16-23-43)44-26-20-41(56-59)21-27-44/h5,14-22,24-33,37,39-40,43H,6-13,23H2,1-4H3/b17-14-,35-5-. The Bertz CT molecular complexity index is 2680. The van der Waals surface area contributed by atoms with Gasteiger partial charge in [0.1, 0.15) is 5.69 Å². The van der Waals surface area contributed by atoms with Crippen molar-refractivity contribution in [2.75, 3.05) is 9.80 Å². The maximum atomic E-state index is 11.6. The molecule has 6 aromatic carbocycles. The quantitative estimate of drug-likeness (QED) is 0.0747. The Labute approximate surface area is 349 Å². The number of benzene rings is 6. The normalized spacial score (nSPS) is 18.3. The highest BCUT2D eigenvalue weighted by Gasteiger charge is 2.31. The van der Waals surface area contributed by atoms with Crippen LogP contribution < -0.4 is 9.80 Å². The molecule has 3 aliphatic carbocycles. The number of hydrogen-bond acceptors (Lipinski definition) is 5. The molecule has 9 rings (SSSR count). The van der Waals surface area contributed by atoms with Crippen LogP contribution in [-0.2, 0) is 0 Å². The van der Waals surface area contributed by atoms with Gasteiger partial charge in [-0.2, -0.15) is 5.26 Å². The number of anilines is 4. The first-order valence-corrected chi connectivity index (χ1v) is 21.8. The van der Waals surface area contributed by atoms with Gasteiger partial charge in [0, 0.05) is 39.6 Å². The molecule has 0 heterocycles. The minimum absolute atomic E-state index is 0.0336. The van der Waals surface area contributed by atoms with Gasteiger partial charge in [0.2, 0.25) is 0 Å². The van der Waals surface area contributed by atoms with Gasteiger partial charge < -0.3 is 9.80 Å². The van der Waals surface area contributed by atoms with E-state index in [1.54, 1.807) is 0 Å². The molecule has 0 radical (unpaired) electrons. The van der Waals surface area contributed by atoms with Crippen LogP contribution >= 0.6 is 0 Å². The first-order valence-electron chi connectivity index (χ1n) is 21.8. The zero-order chi connectivity index (χ0) is 40.6. The molecule has 6 aromatic rings. The topological polar surface area (TPSA) is 59.7 Å². The highest BCUT2D eigenvalue weighted by molar-refractivity contribution is 6.29. The predicted octanol–water partition coefficient (Wildman–Crippen LogP) is 15.6. The van der Waals surface area contributed by atoms with Gasteiger partial charge in [0.05, 0.1) is 17.7 Å². The van der Waals surface area contributed by atoms with E-state index < -0.39 is 0 Å². The number of nitrogens with zero attached hydrogens (tertiary/aromatic N) is 4. The zero-order valence-corrected chi connectivity index (χ0v) is 34.9. The number of allylic oxidation sites excluding steroid dienone is 5. The van der Waals surface area contributed by atoms with Crippen molar-refractivity contribution in [3.05, 3.63) is 154 Å². The van der Waals surface area contributed by atoms with E-state index in [4.69, 9.17) is 0 Å². The minimum Gasteiger partial charge on any atom is -0.334 e. The van der Waals surface area contributed by atoms with E-state index in [0.717, 1.165) is 17.8 Å². The minimum atomic E-state index is 0.0336. The van der Waals surface area contributed by atoms with Crippen LogP contribution in [-0.4, -0.2) is 12.1 Å². The van der Waals surface area contributed by atoms with Crippen molar-refractivity contribution in [3.63, 3.8) is 0 Å². The Morgan fingerprint density at radius 2 is 1.34 bits per heavy atom. The third kappa shape index (κ3) is 7.14. The molecule has 59 heavy (non-hydrogen) atoms. The van der Waals surface area contributed by atoms with Crippen LogP contribution in [0.25, 0.3) is 32.3 Å². The van der Waals surface area contributed by atoms with Crippen molar-refractivity contribution in [3.8, 4) is 6.07 Å². The summed E-state index contributed by atoms with van der Waals surface area (Å²) in [5.74, 6) is 0.990. The third-order valence-electron chi connectivity index (χ3n) is 13.6. The van der Waals surface area contributed by atoms with Crippen LogP contribution in [0, 0.1) is 16.2 Å². The monoisotopic (exact) mass is 774 g/mol. The molecular formula is C54H54N4O. The van der Waals surface area contributed by atoms with E-state index in [0.29, 0.717) is 23.1 Å². The number of rotatable bonds is 11. The SMILES string of the molecule is C/C=C(C)\C=C/C(C)N(c1ccc(C#N)cc1)c1cc(C2CCCC2)c2ccc3c(N(c4ccc(N=O)cc4)C4C=CC(C)=CC4)cc(C4CCCC4)c4ccc1c2c43. The average Bonchev–Trinajstić information content (AvgIpc) is 4.03. The smallest absolute Gasteiger partial charge is 0.108 e. The van der Waals surface area contributed by atoms with Crippen LogP contribution in [0.1, 0.15) is 114 Å². The maximum Gasteiger partial charge on any atom is 0.108 e. The Hall–Kier alpha value is -5.99. The molecule has 296 valence electrons. The Morgan fingerprint density at radius 3 is 1.88 bits per heavy atom. The van der Waals surface area contributed by atoms with Crippen molar-refractivity contribution >= 4 is 60.8 Å². The van der Waals surface area contributed by atoms with Crippen molar-refractivity contribution < 1.29 is 0 Å². The predicted molar refractivity (Wildman–Crippen MR) is 249 cm³/mol. The van der Waals surface area contributed by atoms with Crippen molar-refractivity contribution in [2.24, 2.45) is 5.18 Å². The van der Waals surface area contributed by atoms with Crippen molar-refractivity contribution in [1.82, 2.24) is 0 Å². The first kappa shape index (κ1) is 38.5. The fourth-order valence-electron chi connectivity index (χ4n) is 10.4. The molecule has 5 heteroatoms. The third-order valence-corrected chi connectivity index (χ3v) is 13.6. The number of nitroso groups, excluding NO2 is 1. The molecule has 0 bridgehead atoms. The van der Waals surface area contributed by atoms with Crippen molar-refractivity contribution in [2.45, 2.75) is 109 Å². The second-order valence-corrected chi connectivity index (χ2v) is 17.3. The van der Waals surface area contributed by atoms with Crippen LogP contribution in [0.4, 0.5) is 28.4 Å². The van der Waals surface area contributed by atoms with Gasteiger partial charge in [-0.15, -0.1) is 4.91 Å². The molecule has 0 saturated heterocycles. The molecule has 2 atom stereocenters. The fourth-order valence-corrected chi connectivity index (χ4v) is 10.4. The average molecular weight is 775 g/mol. The fraction of sp³-hybridized carbons (Fsp3) is 0.315. The maximum absolute atomic E-state index is 11.6. The summed E-state index contributed by atoms with van der Waals surface area (Å²) in [6, 6.07) is 33.2. The summed E-state index contributed by atoms with van der Waals surface area (Å²) in [5.41, 5.74) is 11.1. The lowest BCUT2D eigenvalue weighted by molar-refractivity contribution is 0.727. The molecule has 2 saturated carbocycles. The highest BCUT2D eigenvalue weighted by atomic mass is 16.3. The van der Waals surface area contributed by atoms with Gasteiger partial charge in [-0.05, 0) is 170 Å². The molecule has 0 N–H and O–H groups in total. The number of hydrogen-bond donors (Lipinski definition) is 0. The Kier molecular flexibility index (Phi) is 10.7. The van der Waals surface area contributed by atoms with Crippen molar-refractivity contribution in [1.29, 1.82) is 5.26 Å². The lowest BCUT2D eigenvalue weighted by Crippen LogP contribution is -2.30. The van der Waals surface area contributed by atoms with Crippen LogP contribution in [0.2, 0.25) is 0 Å². The number of nitriles is 1. The van der Waals surface area contributed by atoms with Crippen LogP contribution in [0.3, 0.4) is 0 Å². The Morgan fingerprint density at radius 1 is 0.780 bits per heavy atom. The summed E-state index contributed by atoms with van der Waals surface area (Å²) in [7, 11) is 0. The summed E-state index contributed by atoms with van der Waals surface area (Å²) in [5, 5.41) is 21.0. The molecule has 0 amide bonds. The van der Waals surface area contributed by atoms with Crippen LogP contribution in [0.5, 0.6) is 0 Å². The molecule has 3 aliphatic rings. The van der Waals surface area contributed by atoms with Gasteiger partial charge in [-0.3, -0.25) is 0 Å². The van der Waals surface area contributed by atoms with E-state index in [1.807, 2.05) is 24.3 Å². The molecular weight excluding hydrogens is 721 g/mol. The molecule has 0 spiro atoms. The van der Waals surface area contributed by atoms with Gasteiger partial charge in [-0.25, -0.2) is 0 Å². The summed E-state index contributed by atoms with van der Waals surface area (Å²) < 4.78 is 0. The summed E-state index contributed by atoms with van der Waals surface area (Å²) in [6.45, 7) is 8.71. The van der Waals surface area contributed by atoms with Crippen LogP contribution in [0.15, 0.2) is 138 Å². The molecule has 0 aliphatic heterocycles. The van der Waals surface area contributed by atoms with E-state index in [9.17, 15) is 10.2 Å². The molecule has 2 fully saturated rings. The van der Waals surface area contributed by atoms with Gasteiger partial charge in [0.15, 0.2) is 0 Å². The zero-order valence-electron chi connectivity index (χ0n) is 34.9. The second kappa shape index (κ2) is 16.3. The summed E-state index contributed by atoms with van der Waals surface area (Å²) >= 11 is 0. The van der Waals surface area contributed by atoms with E-state index in [2.05, 4.69) is 146 Å². The lowest BCUT2D eigenvalue weighted by Gasteiger charge is -2.36. The highest BCUT2D eigenvalue weighted by Crippen LogP contribution is 2.52. The largest absolute Gasteiger partial charge is 0.334 e. The van der Waals surface area contributed by atoms with Gasteiger partial charge >= 0.3 is 0 Å². The molecule has 2 unspecified atom stereocenters. The van der Waals surface area contributed by atoms with E-state index in [1.165, 1.54) is 117 Å². The molecule has 0 aromatic heterocycles. The second-order valence-electron chi connectivity index (χ2n) is 17.3. The van der Waals surface area contributed by atoms with E-state index >= 15 is 0 Å². The lowest BCUT2D eigenvalue weighted by atomic mass is 9.82. The summed E-state index contributed by atoms with van der Waals surface area (Å²) in [4.78, 5) is 16.6. The van der Waals surface area contributed by atoms with Gasteiger partial charge in [-0.1, -0.05) is 97.6 Å².